The van der Waals surface area contributed by atoms with E-state index in [1.807, 2.05) is 61.7 Å². The predicted molar refractivity (Wildman–Crippen MR) is 179 cm³/mol. The lowest BCUT2D eigenvalue weighted by Gasteiger charge is -2.17. The zero-order chi connectivity index (χ0) is 31.0. The summed E-state index contributed by atoms with van der Waals surface area (Å²) in [4.78, 5) is 25.3. The second kappa shape index (κ2) is 11.6. The van der Waals surface area contributed by atoms with Crippen molar-refractivity contribution in [3.8, 4) is 11.1 Å². The molecule has 0 spiro atoms. The third-order valence-corrected chi connectivity index (χ3v) is 9.60. The zero-order valence-electron chi connectivity index (χ0n) is 24.8. The Kier molecular flexibility index (Phi) is 7.71. The van der Waals surface area contributed by atoms with Crippen molar-refractivity contribution in [1.29, 1.82) is 0 Å². The van der Waals surface area contributed by atoms with Gasteiger partial charge in [0.1, 0.15) is 7.14 Å². The molecule has 7 heteroatoms. The molecule has 1 atom stereocenters. The summed E-state index contributed by atoms with van der Waals surface area (Å²) < 4.78 is 15.0. The molecule has 1 heterocycles. The number of carbonyl (C=O) groups excluding carboxylic acids is 1. The first-order chi connectivity index (χ1) is 21.1. The van der Waals surface area contributed by atoms with Crippen LogP contribution in [0, 0.1) is 0 Å². The van der Waals surface area contributed by atoms with Crippen molar-refractivity contribution in [3.05, 3.63) is 138 Å². The lowest BCUT2D eigenvalue weighted by atomic mass is 9.99. The quantitative estimate of drug-likeness (QED) is 0.174. The summed E-state index contributed by atoms with van der Waals surface area (Å²) in [5.41, 5.74) is 5.22. The fourth-order valence-corrected chi connectivity index (χ4v) is 6.54. The van der Waals surface area contributed by atoms with Crippen LogP contribution in [0.1, 0.15) is 44.8 Å². The minimum atomic E-state index is -2.48. The van der Waals surface area contributed by atoms with Crippen LogP contribution < -0.4 is 10.6 Å². The van der Waals surface area contributed by atoms with Crippen LogP contribution in [-0.2, 0) is 11.1 Å². The molecule has 6 rings (SSSR count). The van der Waals surface area contributed by atoms with Crippen LogP contribution in [0.25, 0.3) is 32.8 Å². The highest BCUT2D eigenvalue weighted by molar-refractivity contribution is 7.70. The first-order valence-corrected chi connectivity index (χ1v) is 17.1. The number of carboxylic acids is 1. The third kappa shape index (κ3) is 5.95. The lowest BCUT2D eigenvalue weighted by molar-refractivity contribution is 0.0696. The van der Waals surface area contributed by atoms with E-state index in [1.165, 1.54) is 5.39 Å². The molecular formula is C37H33N2O4P. The van der Waals surface area contributed by atoms with Gasteiger partial charge in [-0.3, -0.25) is 4.79 Å². The number of nitrogens with zero attached hydrogens (tertiary/aromatic N) is 1. The number of nitrogens with one attached hydrogen (secondary N) is 1. The van der Waals surface area contributed by atoms with Gasteiger partial charge in [0.2, 0.25) is 0 Å². The van der Waals surface area contributed by atoms with E-state index < -0.39 is 13.1 Å². The summed E-state index contributed by atoms with van der Waals surface area (Å²) >= 11 is 0. The molecule has 1 aromatic heterocycles. The van der Waals surface area contributed by atoms with E-state index in [-0.39, 0.29) is 17.5 Å². The fraction of sp³-hybridized carbons (Fsp3) is 0.135. The Bertz CT molecular complexity index is 2090. The van der Waals surface area contributed by atoms with Crippen LogP contribution in [0.3, 0.4) is 0 Å². The summed E-state index contributed by atoms with van der Waals surface area (Å²) in [6.45, 7) is 5.98. The summed E-state index contributed by atoms with van der Waals surface area (Å²) in [7, 11) is -2.48. The van der Waals surface area contributed by atoms with Crippen molar-refractivity contribution in [2.75, 3.05) is 13.3 Å². The van der Waals surface area contributed by atoms with Crippen LogP contribution in [0.5, 0.6) is 0 Å². The predicted octanol–water partition coefficient (Wildman–Crippen LogP) is 7.95. The van der Waals surface area contributed by atoms with E-state index in [1.54, 1.807) is 37.6 Å². The highest BCUT2D eigenvalue weighted by atomic mass is 31.2. The second-order valence-electron chi connectivity index (χ2n) is 11.6. The zero-order valence-corrected chi connectivity index (χ0v) is 25.7. The van der Waals surface area contributed by atoms with E-state index in [0.717, 1.165) is 43.8 Å². The molecule has 6 nitrogen and oxygen atoms in total. The maximum Gasteiger partial charge on any atom is 0.335 e. The molecule has 44 heavy (non-hydrogen) atoms. The Balaban J connectivity index is 1.42. The molecule has 5 aromatic carbocycles. The van der Waals surface area contributed by atoms with Crippen LogP contribution in [-0.4, -0.2) is 34.9 Å². The first kappa shape index (κ1) is 29.2. The molecule has 0 saturated heterocycles. The number of rotatable bonds is 8. The molecule has 0 unspecified atom stereocenters. The van der Waals surface area contributed by atoms with Crippen molar-refractivity contribution >= 4 is 46.0 Å². The molecule has 0 bridgehead atoms. The topological polar surface area (TPSA) is 88.4 Å². The van der Waals surface area contributed by atoms with Crippen molar-refractivity contribution in [2.24, 2.45) is 0 Å². The number of aromatic nitrogens is 1. The van der Waals surface area contributed by atoms with Gasteiger partial charge in [-0.1, -0.05) is 66.7 Å². The fourth-order valence-electron chi connectivity index (χ4n) is 5.65. The van der Waals surface area contributed by atoms with Gasteiger partial charge in [0.05, 0.1) is 22.7 Å². The molecule has 2 N–H and O–H groups in total. The van der Waals surface area contributed by atoms with Crippen molar-refractivity contribution in [3.63, 3.8) is 0 Å². The first-order valence-electron chi connectivity index (χ1n) is 14.5. The van der Waals surface area contributed by atoms with Crippen molar-refractivity contribution in [2.45, 2.75) is 19.5 Å². The van der Waals surface area contributed by atoms with Gasteiger partial charge in [0.25, 0.3) is 5.91 Å². The van der Waals surface area contributed by atoms with Crippen LogP contribution >= 0.6 is 7.14 Å². The number of benzene rings is 5. The minimum Gasteiger partial charge on any atom is -0.478 e. The molecule has 6 aromatic rings. The second-order valence-corrected chi connectivity index (χ2v) is 14.8. The van der Waals surface area contributed by atoms with Crippen LogP contribution in [0.2, 0.25) is 0 Å². The Morgan fingerprint density at radius 1 is 0.795 bits per heavy atom. The molecule has 1 amide bonds. The van der Waals surface area contributed by atoms with Gasteiger partial charge in [0, 0.05) is 23.4 Å². The van der Waals surface area contributed by atoms with E-state index in [4.69, 9.17) is 0 Å². The lowest BCUT2D eigenvalue weighted by Crippen LogP contribution is -2.27. The Hall–Kier alpha value is -4.93. The molecule has 220 valence electrons. The summed E-state index contributed by atoms with van der Waals surface area (Å²) in [5.74, 6) is -1.23. The standard InChI is InChI=1S/C37H33N2O4P/c1-24(26-13-15-28(16-14-26)37(41)42)38-36(40)34-22-32(30-9-6-10-33(21-30)44(2,3)43)20-31-17-18-39(35(31)34)23-25-11-12-27-7-4-5-8-29(27)19-25/h4-22,24H,23H2,1-3H3,(H,38,40)(H,41,42)/t24-/m0/s1. The molecule has 0 fully saturated rings. The average Bonchev–Trinajstić information content (AvgIpc) is 3.42. The van der Waals surface area contributed by atoms with E-state index in [9.17, 15) is 19.3 Å². The molecule has 0 aliphatic rings. The highest BCUT2D eigenvalue weighted by Gasteiger charge is 2.20. The highest BCUT2D eigenvalue weighted by Crippen LogP contribution is 2.37. The number of carbonyl (C=O) groups is 2. The van der Waals surface area contributed by atoms with Gasteiger partial charge >= 0.3 is 5.97 Å². The number of fused-ring (bicyclic) bond motifs is 2. The molecule has 0 aliphatic carbocycles. The van der Waals surface area contributed by atoms with Crippen LogP contribution in [0.4, 0.5) is 0 Å². The number of amides is 1. The maximum absolute atomic E-state index is 14.0. The average molecular weight is 601 g/mol. The van der Waals surface area contributed by atoms with Gasteiger partial charge in [-0.2, -0.15) is 0 Å². The van der Waals surface area contributed by atoms with Crippen LogP contribution in [0.15, 0.2) is 115 Å². The summed E-state index contributed by atoms with van der Waals surface area (Å²) in [6.07, 6.45) is 2.01. The summed E-state index contributed by atoms with van der Waals surface area (Å²) in [5, 5.41) is 16.4. The monoisotopic (exact) mass is 600 g/mol. The molecular weight excluding hydrogens is 567 g/mol. The van der Waals surface area contributed by atoms with Gasteiger partial charge in [-0.15, -0.1) is 0 Å². The van der Waals surface area contributed by atoms with Gasteiger partial charge < -0.3 is 19.6 Å². The Morgan fingerprint density at radius 3 is 2.27 bits per heavy atom. The van der Waals surface area contributed by atoms with Gasteiger partial charge in [0.15, 0.2) is 0 Å². The van der Waals surface area contributed by atoms with E-state index in [2.05, 4.69) is 46.3 Å². The smallest absolute Gasteiger partial charge is 0.335 e. The normalized spacial score (nSPS) is 12.3. The molecule has 0 radical (unpaired) electrons. The minimum absolute atomic E-state index is 0.194. The third-order valence-electron chi connectivity index (χ3n) is 8.08. The number of carboxylic acid groups (broad SMARTS) is 1. The maximum atomic E-state index is 14.0. The molecule has 0 aliphatic heterocycles. The number of hydrogen-bond donors (Lipinski definition) is 2. The SMILES string of the molecule is C[C@H](NC(=O)c1cc(-c2cccc(P(C)(C)=O)c2)cc2ccn(Cc3ccc4ccccc4c3)c12)c1ccc(C(=O)O)cc1. The Labute approximate surface area is 256 Å². The van der Waals surface area contributed by atoms with Crippen molar-refractivity contribution < 1.29 is 19.3 Å². The largest absolute Gasteiger partial charge is 0.478 e. The Morgan fingerprint density at radius 2 is 1.55 bits per heavy atom. The number of aromatic carboxylic acids is 1. The van der Waals surface area contributed by atoms with E-state index >= 15 is 0 Å². The van der Waals surface area contributed by atoms with Gasteiger partial charge in [-0.25, -0.2) is 4.79 Å². The van der Waals surface area contributed by atoms with E-state index in [0.29, 0.717) is 12.1 Å². The molecule has 0 saturated carbocycles. The number of hydrogen-bond acceptors (Lipinski definition) is 3. The van der Waals surface area contributed by atoms with Gasteiger partial charge in [-0.05, 0) is 95.7 Å². The van der Waals surface area contributed by atoms with Crippen molar-refractivity contribution in [1.82, 2.24) is 9.88 Å². The summed E-state index contributed by atoms with van der Waals surface area (Å²) in [6, 6.07) is 34.6.